The molecule has 0 saturated heterocycles. The molecule has 1 unspecified atom stereocenters. The molecule has 0 radical (unpaired) electrons. The van der Waals surface area contributed by atoms with Gasteiger partial charge in [-0.1, -0.05) is 58.3 Å². The molecule has 0 aliphatic heterocycles. The first-order valence-corrected chi connectivity index (χ1v) is 11.4. The molecular weight excluding hydrogens is 308 g/mol. The van der Waals surface area contributed by atoms with E-state index >= 15 is 0 Å². The van der Waals surface area contributed by atoms with Gasteiger partial charge in [-0.3, -0.25) is 0 Å². The normalized spacial score (nSPS) is 13.2. The summed E-state index contributed by atoms with van der Waals surface area (Å²) >= 11 is 0. The van der Waals surface area contributed by atoms with Crippen LogP contribution in [0.1, 0.15) is 85.5 Å². The smallest absolute Gasteiger partial charge is 0.373 e. The quantitative estimate of drug-likeness (QED) is 0.208. The maximum Gasteiger partial charge on any atom is 0.511 e. The molecule has 0 aliphatic carbocycles. The molecule has 0 aromatic heterocycles. The van der Waals surface area contributed by atoms with Crippen LogP contribution >= 0.6 is 0 Å². The highest BCUT2D eigenvalue weighted by atomic mass is 28.4. The van der Waals surface area contributed by atoms with Gasteiger partial charge in [-0.15, -0.1) is 0 Å². The number of rotatable bonds is 17. The number of hydrogen-bond donors (Lipinski definition) is 0. The lowest BCUT2D eigenvalue weighted by molar-refractivity contribution is -0.109. The molecule has 0 saturated carbocycles. The van der Waals surface area contributed by atoms with Crippen molar-refractivity contribution in [3.8, 4) is 0 Å². The number of hydrogen-bond acceptors (Lipinski definition) is 4. The first-order valence-electron chi connectivity index (χ1n) is 9.57. The van der Waals surface area contributed by atoms with Crippen LogP contribution < -0.4 is 0 Å². The minimum absolute atomic E-state index is 0.234. The van der Waals surface area contributed by atoms with E-state index < -0.39 is 8.80 Å². The summed E-state index contributed by atoms with van der Waals surface area (Å²) in [5.74, 6) is 0. The minimum atomic E-state index is -2.88. The molecule has 23 heavy (non-hydrogen) atoms. The molecule has 0 heterocycles. The zero-order chi connectivity index (χ0) is 17.4. The van der Waals surface area contributed by atoms with Crippen LogP contribution in [0.3, 0.4) is 0 Å². The summed E-state index contributed by atoms with van der Waals surface area (Å²) in [5, 5.41) is 0. The Bertz CT molecular complexity index is 257. The maximum absolute atomic E-state index is 11.6. The van der Waals surface area contributed by atoms with Crippen LogP contribution in [0.25, 0.3) is 0 Å². The van der Waals surface area contributed by atoms with Crippen molar-refractivity contribution >= 4 is 15.1 Å². The lowest BCUT2D eigenvalue weighted by Crippen LogP contribution is -2.51. The summed E-state index contributed by atoms with van der Waals surface area (Å²) in [6, 6.07) is 0. The van der Waals surface area contributed by atoms with Crippen LogP contribution in [0.4, 0.5) is 0 Å². The van der Waals surface area contributed by atoms with Gasteiger partial charge < -0.3 is 18.1 Å². The number of aldehydes is 1. The highest BCUT2D eigenvalue weighted by molar-refractivity contribution is 6.65. The molecule has 0 fully saturated rings. The van der Waals surface area contributed by atoms with Gasteiger partial charge in [0.25, 0.3) is 0 Å². The third-order valence-electron chi connectivity index (χ3n) is 4.02. The van der Waals surface area contributed by atoms with Gasteiger partial charge in [0.05, 0.1) is 5.54 Å². The van der Waals surface area contributed by atoms with Crippen LogP contribution in [-0.2, 0) is 18.1 Å². The van der Waals surface area contributed by atoms with Crippen molar-refractivity contribution < 1.29 is 18.1 Å². The Kier molecular flexibility index (Phi) is 15.1. The Labute approximate surface area is 144 Å². The average molecular weight is 347 g/mol. The molecular formula is C18H38O4Si. The molecule has 0 aliphatic rings. The summed E-state index contributed by atoms with van der Waals surface area (Å²) in [7, 11) is -2.88. The van der Waals surface area contributed by atoms with Crippen molar-refractivity contribution in [2.45, 2.75) is 91.0 Å². The van der Waals surface area contributed by atoms with Gasteiger partial charge in [0.1, 0.15) is 6.29 Å². The molecule has 0 aromatic rings. The van der Waals surface area contributed by atoms with Crippen LogP contribution in [-0.4, -0.2) is 34.9 Å². The highest BCUT2D eigenvalue weighted by Crippen LogP contribution is 2.29. The third kappa shape index (κ3) is 9.60. The fourth-order valence-corrected chi connectivity index (χ4v) is 5.70. The summed E-state index contributed by atoms with van der Waals surface area (Å²) in [4.78, 5) is 11.6. The van der Waals surface area contributed by atoms with Crippen molar-refractivity contribution in [2.24, 2.45) is 0 Å². The molecule has 5 heteroatoms. The van der Waals surface area contributed by atoms with E-state index in [1.165, 1.54) is 44.9 Å². The molecule has 0 rings (SSSR count). The average Bonchev–Trinajstić information content (AvgIpc) is 2.54. The van der Waals surface area contributed by atoms with Crippen molar-refractivity contribution in [2.75, 3.05) is 19.8 Å². The van der Waals surface area contributed by atoms with Crippen molar-refractivity contribution in [3.05, 3.63) is 0 Å². The van der Waals surface area contributed by atoms with Crippen LogP contribution in [0.15, 0.2) is 0 Å². The summed E-state index contributed by atoms with van der Waals surface area (Å²) in [6.45, 7) is 9.59. The number of carbonyl (C=O) groups excluding carboxylic acids is 1. The van der Waals surface area contributed by atoms with Crippen LogP contribution in [0, 0.1) is 0 Å². The fraction of sp³-hybridized carbons (Fsp3) is 0.944. The van der Waals surface area contributed by atoms with Gasteiger partial charge in [0.2, 0.25) is 0 Å². The van der Waals surface area contributed by atoms with Gasteiger partial charge in [0, 0.05) is 19.8 Å². The second kappa shape index (κ2) is 15.3. The predicted molar refractivity (Wildman–Crippen MR) is 97.7 cm³/mol. The second-order valence-corrected chi connectivity index (χ2v) is 8.72. The highest BCUT2D eigenvalue weighted by Gasteiger charge is 2.48. The second-order valence-electron chi connectivity index (χ2n) is 5.91. The fourth-order valence-electron chi connectivity index (χ4n) is 2.88. The predicted octanol–water partition coefficient (Wildman–Crippen LogP) is 5.13. The monoisotopic (exact) mass is 346 g/mol. The molecule has 1 atom stereocenters. The van der Waals surface area contributed by atoms with Gasteiger partial charge >= 0.3 is 8.80 Å². The van der Waals surface area contributed by atoms with Crippen molar-refractivity contribution in [1.82, 2.24) is 0 Å². The minimum Gasteiger partial charge on any atom is -0.373 e. The Morgan fingerprint density at radius 1 is 0.739 bits per heavy atom. The Morgan fingerprint density at radius 2 is 1.17 bits per heavy atom. The van der Waals surface area contributed by atoms with E-state index in [9.17, 15) is 4.79 Å². The van der Waals surface area contributed by atoms with E-state index in [1.54, 1.807) is 0 Å². The Morgan fingerprint density at radius 3 is 1.57 bits per heavy atom. The van der Waals surface area contributed by atoms with Gasteiger partial charge in [-0.2, -0.15) is 0 Å². The third-order valence-corrected chi connectivity index (χ3v) is 7.43. The first kappa shape index (κ1) is 22.8. The van der Waals surface area contributed by atoms with E-state index in [0.29, 0.717) is 19.8 Å². The van der Waals surface area contributed by atoms with E-state index in [4.69, 9.17) is 13.3 Å². The summed E-state index contributed by atoms with van der Waals surface area (Å²) in [6.07, 6.45) is 11.9. The molecule has 0 N–H and O–H groups in total. The van der Waals surface area contributed by atoms with E-state index in [2.05, 4.69) is 6.92 Å². The molecule has 0 spiro atoms. The summed E-state index contributed by atoms with van der Waals surface area (Å²) in [5.41, 5.74) is -0.234. The van der Waals surface area contributed by atoms with Gasteiger partial charge in [-0.25, -0.2) is 0 Å². The van der Waals surface area contributed by atoms with E-state index in [-0.39, 0.29) is 5.54 Å². The molecule has 0 aromatic carbocycles. The lowest BCUT2D eigenvalue weighted by atomic mass is 10.1. The van der Waals surface area contributed by atoms with Crippen LogP contribution in [0.5, 0.6) is 0 Å². The lowest BCUT2D eigenvalue weighted by Gasteiger charge is -2.32. The van der Waals surface area contributed by atoms with Gasteiger partial charge in [-0.05, 0) is 27.2 Å². The molecule has 4 nitrogen and oxygen atoms in total. The molecule has 0 bridgehead atoms. The van der Waals surface area contributed by atoms with Crippen molar-refractivity contribution in [3.63, 3.8) is 0 Å². The van der Waals surface area contributed by atoms with E-state index in [1.807, 2.05) is 20.8 Å². The van der Waals surface area contributed by atoms with Gasteiger partial charge in [0.15, 0.2) is 0 Å². The standard InChI is InChI=1S/C18H38O4Si/c1-5-9-10-11-12-13-14-15-16-18(17-19)23(20-6-2,21-7-3)22-8-4/h17-18H,5-16H2,1-4H3. The number of unbranched alkanes of at least 4 members (excludes halogenated alkanes) is 7. The number of carbonyl (C=O) groups is 1. The topological polar surface area (TPSA) is 44.8 Å². The molecule has 138 valence electrons. The van der Waals surface area contributed by atoms with E-state index in [0.717, 1.165) is 19.1 Å². The first-order chi connectivity index (χ1) is 11.2. The van der Waals surface area contributed by atoms with Crippen LogP contribution in [0.2, 0.25) is 5.54 Å². The largest absolute Gasteiger partial charge is 0.511 e. The molecule has 0 amide bonds. The Hall–Kier alpha value is -0.233. The zero-order valence-electron chi connectivity index (χ0n) is 15.8. The SMILES string of the molecule is CCCCCCCCCCC(C=O)[Si](OCC)(OCC)OCC. The van der Waals surface area contributed by atoms with Crippen molar-refractivity contribution in [1.29, 1.82) is 0 Å². The summed E-state index contributed by atoms with van der Waals surface area (Å²) < 4.78 is 17.5. The maximum atomic E-state index is 11.6. The zero-order valence-corrected chi connectivity index (χ0v) is 16.8. The Balaban J connectivity index is 4.27.